The molecular formula is C15H19N3O5S. The fraction of sp³-hybridized carbons (Fsp3) is 0.467. The van der Waals surface area contributed by atoms with Crippen molar-refractivity contribution in [3.8, 4) is 5.75 Å². The Morgan fingerprint density at radius 2 is 2.25 bits per heavy atom. The van der Waals surface area contributed by atoms with E-state index in [4.69, 9.17) is 10.2 Å². The number of hydrogen-bond donors (Lipinski definition) is 3. The Kier molecular flexibility index (Phi) is 5.45. The Morgan fingerprint density at radius 1 is 1.54 bits per heavy atom. The molecule has 0 unspecified atom stereocenters. The molecule has 0 bridgehead atoms. The number of amides is 1. The number of thioether (sulfide) groups is 1. The van der Waals surface area contributed by atoms with Crippen LogP contribution in [0, 0.1) is 0 Å². The molecule has 24 heavy (non-hydrogen) atoms. The molecule has 0 fully saturated rings. The molecule has 1 aliphatic rings. The topological polar surface area (TPSA) is 135 Å². The third-order valence-corrected chi connectivity index (χ3v) is 4.66. The van der Waals surface area contributed by atoms with Gasteiger partial charge in [0, 0.05) is 18.7 Å². The second kappa shape index (κ2) is 7.18. The van der Waals surface area contributed by atoms with Gasteiger partial charge in [-0.05, 0) is 6.42 Å². The molecule has 1 amide bonds. The molecule has 2 heterocycles. The summed E-state index contributed by atoms with van der Waals surface area (Å²) in [6.45, 7) is 3.26. The SMILES string of the molecule is CCC[C@@H](NC(=O)[C@]1(N)CSC(C(C)=O)=N1)c1cc(O)cc(=O)o1. The van der Waals surface area contributed by atoms with Crippen LogP contribution in [0.15, 0.2) is 26.3 Å². The minimum absolute atomic E-state index is 0.139. The standard InChI is InChI=1S/C15H19N3O5S/c1-3-4-10(11-5-9(20)6-12(21)23-11)17-14(22)15(16)7-24-13(18-15)8(2)19/h5-6,10,20H,3-4,7,16H2,1-2H3,(H,17,22)/t10-,15+/m1/s1. The van der Waals surface area contributed by atoms with Gasteiger partial charge in [-0.2, -0.15) is 0 Å². The van der Waals surface area contributed by atoms with E-state index in [1.807, 2.05) is 6.92 Å². The van der Waals surface area contributed by atoms with Crippen LogP contribution in [-0.4, -0.2) is 33.3 Å². The van der Waals surface area contributed by atoms with Gasteiger partial charge in [0.15, 0.2) is 11.4 Å². The van der Waals surface area contributed by atoms with E-state index < -0.39 is 23.2 Å². The van der Waals surface area contributed by atoms with Gasteiger partial charge in [-0.1, -0.05) is 25.1 Å². The zero-order valence-corrected chi connectivity index (χ0v) is 14.2. The Morgan fingerprint density at radius 3 is 2.79 bits per heavy atom. The average Bonchev–Trinajstić information content (AvgIpc) is 2.90. The first-order valence-corrected chi connectivity index (χ1v) is 8.41. The average molecular weight is 353 g/mol. The van der Waals surface area contributed by atoms with Crippen LogP contribution in [0.1, 0.15) is 38.5 Å². The summed E-state index contributed by atoms with van der Waals surface area (Å²) in [4.78, 5) is 39.3. The molecule has 8 nitrogen and oxygen atoms in total. The molecule has 2 rings (SSSR count). The summed E-state index contributed by atoms with van der Waals surface area (Å²) in [5.41, 5.74) is 3.74. The lowest BCUT2D eigenvalue weighted by molar-refractivity contribution is -0.126. The summed E-state index contributed by atoms with van der Waals surface area (Å²) in [5, 5.41) is 12.4. The van der Waals surface area contributed by atoms with Gasteiger partial charge in [0.05, 0.1) is 12.1 Å². The molecular weight excluding hydrogens is 334 g/mol. The fourth-order valence-electron chi connectivity index (χ4n) is 2.23. The van der Waals surface area contributed by atoms with Crippen LogP contribution in [-0.2, 0) is 9.59 Å². The maximum Gasteiger partial charge on any atom is 0.339 e. The van der Waals surface area contributed by atoms with E-state index in [2.05, 4.69) is 10.3 Å². The first-order valence-electron chi connectivity index (χ1n) is 7.42. The predicted molar refractivity (Wildman–Crippen MR) is 89.9 cm³/mol. The number of aromatic hydroxyl groups is 1. The zero-order chi connectivity index (χ0) is 17.9. The van der Waals surface area contributed by atoms with Crippen molar-refractivity contribution in [2.45, 2.75) is 38.4 Å². The lowest BCUT2D eigenvalue weighted by atomic mass is 10.1. The highest BCUT2D eigenvalue weighted by Gasteiger charge is 2.41. The molecule has 1 aromatic heterocycles. The van der Waals surface area contributed by atoms with Gasteiger partial charge in [-0.25, -0.2) is 9.79 Å². The molecule has 4 N–H and O–H groups in total. The number of Topliss-reactive ketones (excluding diaryl/α,β-unsaturated/α-hetero) is 1. The number of hydrogen-bond acceptors (Lipinski definition) is 8. The number of nitrogens with zero attached hydrogens (tertiary/aromatic N) is 1. The number of nitrogens with two attached hydrogens (primary N) is 1. The van der Waals surface area contributed by atoms with E-state index in [1.165, 1.54) is 13.0 Å². The number of ketones is 1. The number of rotatable bonds is 6. The lowest BCUT2D eigenvalue weighted by Gasteiger charge is -2.23. The summed E-state index contributed by atoms with van der Waals surface area (Å²) < 4.78 is 5.06. The minimum Gasteiger partial charge on any atom is -0.508 e. The molecule has 1 aliphatic heterocycles. The van der Waals surface area contributed by atoms with Crippen molar-refractivity contribution in [1.29, 1.82) is 0 Å². The molecule has 9 heteroatoms. The van der Waals surface area contributed by atoms with Crippen LogP contribution < -0.4 is 16.7 Å². The predicted octanol–water partition coefficient (Wildman–Crippen LogP) is 0.692. The van der Waals surface area contributed by atoms with Gasteiger partial charge in [0.1, 0.15) is 16.6 Å². The summed E-state index contributed by atoms with van der Waals surface area (Å²) >= 11 is 1.13. The summed E-state index contributed by atoms with van der Waals surface area (Å²) in [7, 11) is 0. The van der Waals surface area contributed by atoms with Crippen LogP contribution in [0.4, 0.5) is 0 Å². The monoisotopic (exact) mass is 353 g/mol. The van der Waals surface area contributed by atoms with Gasteiger partial charge < -0.3 is 14.8 Å². The highest BCUT2D eigenvalue weighted by molar-refractivity contribution is 8.16. The van der Waals surface area contributed by atoms with Crippen molar-refractivity contribution in [3.05, 3.63) is 28.3 Å². The molecule has 0 aromatic carbocycles. The maximum absolute atomic E-state index is 12.5. The van der Waals surface area contributed by atoms with E-state index in [1.54, 1.807) is 0 Å². The third kappa shape index (κ3) is 4.04. The van der Waals surface area contributed by atoms with Gasteiger partial charge in [-0.15, -0.1) is 0 Å². The molecule has 1 aromatic rings. The first kappa shape index (κ1) is 18.2. The van der Waals surface area contributed by atoms with E-state index in [9.17, 15) is 19.5 Å². The minimum atomic E-state index is -1.55. The second-order valence-electron chi connectivity index (χ2n) is 5.54. The Balaban J connectivity index is 2.23. The Hall–Kier alpha value is -2.13. The fourth-order valence-corrected chi connectivity index (χ4v) is 3.22. The summed E-state index contributed by atoms with van der Waals surface area (Å²) in [5.74, 6) is -0.774. The lowest BCUT2D eigenvalue weighted by Crippen LogP contribution is -2.54. The molecule has 0 spiro atoms. The van der Waals surface area contributed by atoms with E-state index in [0.717, 1.165) is 17.8 Å². The molecule has 0 radical (unpaired) electrons. The smallest absolute Gasteiger partial charge is 0.339 e. The largest absolute Gasteiger partial charge is 0.508 e. The van der Waals surface area contributed by atoms with E-state index in [-0.39, 0.29) is 28.1 Å². The Bertz CT molecular complexity index is 745. The highest BCUT2D eigenvalue weighted by atomic mass is 32.2. The molecule has 2 atom stereocenters. The van der Waals surface area contributed by atoms with Crippen molar-refractivity contribution < 1.29 is 19.1 Å². The molecule has 0 aliphatic carbocycles. The van der Waals surface area contributed by atoms with Crippen molar-refractivity contribution >= 4 is 28.5 Å². The van der Waals surface area contributed by atoms with E-state index >= 15 is 0 Å². The number of aliphatic imine (C=N–C) groups is 1. The van der Waals surface area contributed by atoms with Crippen LogP contribution >= 0.6 is 11.8 Å². The zero-order valence-electron chi connectivity index (χ0n) is 13.4. The molecule has 130 valence electrons. The van der Waals surface area contributed by atoms with Crippen LogP contribution in [0.25, 0.3) is 0 Å². The summed E-state index contributed by atoms with van der Waals surface area (Å²) in [6, 6.07) is 1.58. The van der Waals surface area contributed by atoms with Gasteiger partial charge in [-0.3, -0.25) is 15.3 Å². The van der Waals surface area contributed by atoms with Gasteiger partial charge >= 0.3 is 5.63 Å². The van der Waals surface area contributed by atoms with Crippen LogP contribution in [0.2, 0.25) is 0 Å². The van der Waals surface area contributed by atoms with Gasteiger partial charge in [0.25, 0.3) is 5.91 Å². The van der Waals surface area contributed by atoms with Crippen molar-refractivity contribution in [2.24, 2.45) is 10.7 Å². The normalized spacial score (nSPS) is 21.2. The first-order chi connectivity index (χ1) is 11.2. The number of carbonyl (C=O) groups excluding carboxylic acids is 2. The quantitative estimate of drug-likeness (QED) is 0.685. The third-order valence-electron chi connectivity index (χ3n) is 3.42. The number of nitrogens with one attached hydrogen (secondary N) is 1. The van der Waals surface area contributed by atoms with Crippen molar-refractivity contribution in [1.82, 2.24) is 5.32 Å². The van der Waals surface area contributed by atoms with Crippen molar-refractivity contribution in [2.75, 3.05) is 5.75 Å². The van der Waals surface area contributed by atoms with Gasteiger partial charge in [0.2, 0.25) is 0 Å². The molecule has 0 saturated carbocycles. The maximum atomic E-state index is 12.5. The molecule has 0 saturated heterocycles. The van der Waals surface area contributed by atoms with Crippen LogP contribution in [0.5, 0.6) is 5.75 Å². The second-order valence-corrected chi connectivity index (χ2v) is 6.50. The highest BCUT2D eigenvalue weighted by Crippen LogP contribution is 2.27. The number of carbonyl (C=O) groups is 2. The summed E-state index contributed by atoms with van der Waals surface area (Å²) in [6.07, 6.45) is 1.17. The van der Waals surface area contributed by atoms with E-state index in [0.29, 0.717) is 12.8 Å². The van der Waals surface area contributed by atoms with Crippen LogP contribution in [0.3, 0.4) is 0 Å². The van der Waals surface area contributed by atoms with Crippen molar-refractivity contribution in [3.63, 3.8) is 0 Å². The Labute approximate surface area is 142 Å².